The molecule has 2 rings (SSSR count). The number of nitrogens with zero attached hydrogens (tertiary/aromatic N) is 3. The smallest absolute Gasteiger partial charge is 0.262 e. The van der Waals surface area contributed by atoms with Crippen LogP contribution in [0.15, 0.2) is 40.8 Å². The van der Waals surface area contributed by atoms with E-state index in [9.17, 15) is 9.59 Å². The topological polar surface area (TPSA) is 55.2 Å². The van der Waals surface area contributed by atoms with Gasteiger partial charge in [0.2, 0.25) is 5.91 Å². The number of allylic oxidation sites excluding steroid dienone is 1. The molecule has 22 heavy (non-hydrogen) atoms. The monoisotopic (exact) mass is 337 g/mol. The minimum Gasteiger partial charge on any atom is -0.348 e. The summed E-state index contributed by atoms with van der Waals surface area (Å²) in [4.78, 5) is 30.3. The number of hydrogen-bond acceptors (Lipinski definition) is 4. The molecule has 0 aliphatic heterocycles. The molecule has 2 aromatic rings. The van der Waals surface area contributed by atoms with E-state index < -0.39 is 0 Å². The van der Waals surface area contributed by atoms with Gasteiger partial charge < -0.3 is 4.90 Å². The maximum absolute atomic E-state index is 12.6. The molecule has 1 amide bonds. The number of rotatable bonds is 5. The van der Waals surface area contributed by atoms with Crippen molar-refractivity contribution >= 4 is 40.2 Å². The van der Waals surface area contributed by atoms with Crippen LogP contribution in [0.4, 0.5) is 0 Å². The molecule has 1 aromatic carbocycles. The molecule has 0 saturated carbocycles. The summed E-state index contributed by atoms with van der Waals surface area (Å²) >= 11 is 7.19. The summed E-state index contributed by atoms with van der Waals surface area (Å²) in [6.45, 7) is 4.00. The highest BCUT2D eigenvalue weighted by Crippen LogP contribution is 2.20. The molecule has 0 fully saturated rings. The number of carbonyl (C=O) groups is 1. The van der Waals surface area contributed by atoms with Gasteiger partial charge in [0.25, 0.3) is 5.56 Å². The lowest BCUT2D eigenvalue weighted by Gasteiger charge is -2.13. The molecule has 0 saturated heterocycles. The summed E-state index contributed by atoms with van der Waals surface area (Å²) in [5, 5.41) is 1.49. The summed E-state index contributed by atoms with van der Waals surface area (Å²) in [6.07, 6.45) is 1.63. The Bertz CT molecular complexity index is 786. The van der Waals surface area contributed by atoms with Crippen LogP contribution in [-0.2, 0) is 11.3 Å². The normalized spacial score (nSPS) is 10.7. The molecule has 1 aromatic heterocycles. The Morgan fingerprint density at radius 3 is 2.86 bits per heavy atom. The van der Waals surface area contributed by atoms with Gasteiger partial charge in [0.05, 0.1) is 16.7 Å². The van der Waals surface area contributed by atoms with Crippen LogP contribution in [0.3, 0.4) is 0 Å². The van der Waals surface area contributed by atoms with E-state index in [2.05, 4.69) is 11.6 Å². The van der Waals surface area contributed by atoms with E-state index in [0.29, 0.717) is 27.6 Å². The summed E-state index contributed by atoms with van der Waals surface area (Å²) in [7, 11) is 3.38. The van der Waals surface area contributed by atoms with Gasteiger partial charge in [-0.1, -0.05) is 29.4 Å². The zero-order chi connectivity index (χ0) is 16.3. The maximum atomic E-state index is 12.6. The van der Waals surface area contributed by atoms with Crippen molar-refractivity contribution < 1.29 is 4.79 Å². The Morgan fingerprint density at radius 1 is 1.50 bits per heavy atom. The molecular weight excluding hydrogens is 322 g/mol. The molecule has 0 unspecified atom stereocenters. The van der Waals surface area contributed by atoms with E-state index in [1.807, 2.05) is 0 Å². The number of aromatic nitrogens is 2. The van der Waals surface area contributed by atoms with Crippen molar-refractivity contribution in [3.8, 4) is 0 Å². The molecule has 0 bridgehead atoms. The van der Waals surface area contributed by atoms with Crippen LogP contribution < -0.4 is 5.56 Å². The standard InChI is InChI=1S/C15H16ClN3O2S/c1-4-7-19-14(21)11-6-5-10(16)8-12(11)17-15(19)22-9-13(20)18(2)3/h4-6,8H,1,7,9H2,2-3H3. The van der Waals surface area contributed by atoms with Gasteiger partial charge in [-0.05, 0) is 18.2 Å². The Morgan fingerprint density at radius 2 is 2.23 bits per heavy atom. The quantitative estimate of drug-likeness (QED) is 0.477. The fourth-order valence-corrected chi connectivity index (χ4v) is 2.98. The van der Waals surface area contributed by atoms with Crippen molar-refractivity contribution in [1.29, 1.82) is 0 Å². The summed E-state index contributed by atoms with van der Waals surface area (Å²) in [6, 6.07) is 4.97. The van der Waals surface area contributed by atoms with Crippen molar-refractivity contribution in [1.82, 2.24) is 14.5 Å². The predicted molar refractivity (Wildman–Crippen MR) is 90.6 cm³/mol. The van der Waals surface area contributed by atoms with Crippen LogP contribution in [0.1, 0.15) is 0 Å². The van der Waals surface area contributed by atoms with E-state index in [0.717, 1.165) is 0 Å². The lowest BCUT2D eigenvalue weighted by atomic mass is 10.2. The van der Waals surface area contributed by atoms with Crippen molar-refractivity contribution in [3.63, 3.8) is 0 Å². The van der Waals surface area contributed by atoms with E-state index in [4.69, 9.17) is 11.6 Å². The van der Waals surface area contributed by atoms with E-state index in [1.54, 1.807) is 38.4 Å². The summed E-state index contributed by atoms with van der Waals surface area (Å²) in [5.74, 6) is 0.165. The zero-order valence-electron chi connectivity index (χ0n) is 12.4. The average molecular weight is 338 g/mol. The van der Waals surface area contributed by atoms with Crippen LogP contribution in [-0.4, -0.2) is 40.2 Å². The van der Waals surface area contributed by atoms with Crippen LogP contribution in [0.2, 0.25) is 5.02 Å². The number of amides is 1. The molecule has 0 aliphatic carbocycles. The van der Waals surface area contributed by atoms with Gasteiger partial charge >= 0.3 is 0 Å². The SMILES string of the molecule is C=CCn1c(SCC(=O)N(C)C)nc2cc(Cl)ccc2c1=O. The highest BCUT2D eigenvalue weighted by molar-refractivity contribution is 7.99. The molecule has 0 atom stereocenters. The van der Waals surface area contributed by atoms with E-state index in [-0.39, 0.29) is 17.2 Å². The Hall–Kier alpha value is -1.79. The van der Waals surface area contributed by atoms with Gasteiger partial charge in [-0.15, -0.1) is 6.58 Å². The molecule has 7 heteroatoms. The second kappa shape index (κ2) is 6.98. The number of hydrogen-bond donors (Lipinski definition) is 0. The molecule has 5 nitrogen and oxygen atoms in total. The number of fused-ring (bicyclic) bond motifs is 1. The number of carbonyl (C=O) groups excluding carboxylic acids is 1. The second-order valence-electron chi connectivity index (χ2n) is 4.84. The van der Waals surface area contributed by atoms with Gasteiger partial charge in [0.15, 0.2) is 5.16 Å². The van der Waals surface area contributed by atoms with Gasteiger partial charge in [0.1, 0.15) is 0 Å². The van der Waals surface area contributed by atoms with Crippen molar-refractivity contribution in [2.45, 2.75) is 11.7 Å². The second-order valence-corrected chi connectivity index (χ2v) is 6.22. The van der Waals surface area contributed by atoms with Gasteiger partial charge in [-0.25, -0.2) is 4.98 Å². The van der Waals surface area contributed by atoms with Crippen molar-refractivity contribution in [2.75, 3.05) is 19.8 Å². The predicted octanol–water partition coefficient (Wildman–Crippen LogP) is 2.42. The Balaban J connectivity index is 2.50. The molecule has 0 N–H and O–H groups in total. The maximum Gasteiger partial charge on any atom is 0.262 e. The molecule has 116 valence electrons. The van der Waals surface area contributed by atoms with Gasteiger partial charge in [0, 0.05) is 25.7 Å². The molecular formula is C15H16ClN3O2S. The highest BCUT2D eigenvalue weighted by atomic mass is 35.5. The lowest BCUT2D eigenvalue weighted by Crippen LogP contribution is -2.26. The fourth-order valence-electron chi connectivity index (χ4n) is 1.83. The van der Waals surface area contributed by atoms with Crippen LogP contribution in [0.25, 0.3) is 10.9 Å². The summed E-state index contributed by atoms with van der Waals surface area (Å²) in [5.41, 5.74) is 0.360. The first-order valence-corrected chi connectivity index (χ1v) is 7.94. The average Bonchev–Trinajstić information content (AvgIpc) is 2.47. The lowest BCUT2D eigenvalue weighted by molar-refractivity contribution is -0.125. The number of thioether (sulfide) groups is 1. The zero-order valence-corrected chi connectivity index (χ0v) is 13.9. The third kappa shape index (κ3) is 3.51. The number of halogens is 1. The van der Waals surface area contributed by atoms with Crippen molar-refractivity contribution in [3.05, 3.63) is 46.2 Å². The minimum absolute atomic E-state index is 0.0457. The largest absolute Gasteiger partial charge is 0.348 e. The van der Waals surface area contributed by atoms with E-state index >= 15 is 0 Å². The van der Waals surface area contributed by atoms with Crippen LogP contribution >= 0.6 is 23.4 Å². The number of benzene rings is 1. The van der Waals surface area contributed by atoms with Gasteiger partial charge in [-0.2, -0.15) is 0 Å². The van der Waals surface area contributed by atoms with Crippen LogP contribution in [0, 0.1) is 0 Å². The third-order valence-electron chi connectivity index (χ3n) is 3.02. The molecule has 0 radical (unpaired) electrons. The highest BCUT2D eigenvalue weighted by Gasteiger charge is 2.13. The molecule has 0 spiro atoms. The molecule has 1 heterocycles. The van der Waals surface area contributed by atoms with Gasteiger partial charge in [-0.3, -0.25) is 14.2 Å². The summed E-state index contributed by atoms with van der Waals surface area (Å²) < 4.78 is 1.51. The first kappa shape index (κ1) is 16.6. The van der Waals surface area contributed by atoms with Crippen molar-refractivity contribution in [2.24, 2.45) is 0 Å². The van der Waals surface area contributed by atoms with E-state index in [1.165, 1.54) is 21.2 Å². The Labute approximate surface area is 137 Å². The third-order valence-corrected chi connectivity index (χ3v) is 4.21. The Kier molecular flexibility index (Phi) is 5.26. The fraction of sp³-hybridized carbons (Fsp3) is 0.267. The molecule has 0 aliphatic rings. The first-order chi connectivity index (χ1) is 10.4. The first-order valence-electron chi connectivity index (χ1n) is 6.58. The minimum atomic E-state index is -0.165. The van der Waals surface area contributed by atoms with Crippen LogP contribution in [0.5, 0.6) is 0 Å².